The van der Waals surface area contributed by atoms with Gasteiger partial charge in [-0.2, -0.15) is 0 Å². The van der Waals surface area contributed by atoms with Crippen molar-refractivity contribution >= 4 is 23.2 Å². The zero-order valence-corrected chi connectivity index (χ0v) is 15.8. The van der Waals surface area contributed by atoms with Crippen molar-refractivity contribution in [2.45, 2.75) is 40.3 Å². The molecule has 0 aliphatic heterocycles. The van der Waals surface area contributed by atoms with Crippen LogP contribution in [0.3, 0.4) is 0 Å². The van der Waals surface area contributed by atoms with Gasteiger partial charge in [0.05, 0.1) is 0 Å². The molecule has 138 valence electrons. The summed E-state index contributed by atoms with van der Waals surface area (Å²) < 4.78 is 0. The quantitative estimate of drug-likeness (QED) is 0.740. The van der Waals surface area contributed by atoms with Gasteiger partial charge >= 0.3 is 0 Å². The minimum Gasteiger partial charge on any atom is -0.374 e. The lowest BCUT2D eigenvalue weighted by molar-refractivity contribution is -0.123. The predicted octanol–water partition coefficient (Wildman–Crippen LogP) is 3.79. The van der Waals surface area contributed by atoms with E-state index in [9.17, 15) is 9.59 Å². The minimum atomic E-state index is -0.442. The minimum absolute atomic E-state index is 0.0353. The van der Waals surface area contributed by atoms with E-state index in [-0.39, 0.29) is 17.9 Å². The molecule has 0 heterocycles. The Morgan fingerprint density at radius 2 is 1.50 bits per heavy atom. The topological polar surface area (TPSA) is 70.2 Å². The highest BCUT2D eigenvalue weighted by Crippen LogP contribution is 2.19. The molecule has 5 heteroatoms. The molecule has 3 N–H and O–H groups in total. The fraction of sp³-hybridized carbons (Fsp3) is 0.333. The molecule has 2 rings (SSSR count). The third kappa shape index (κ3) is 5.92. The van der Waals surface area contributed by atoms with Crippen molar-refractivity contribution in [2.75, 3.05) is 10.6 Å². The number of hydrogen-bond donors (Lipinski definition) is 3. The fourth-order valence-corrected chi connectivity index (χ4v) is 2.22. The van der Waals surface area contributed by atoms with E-state index in [1.807, 2.05) is 82.3 Å². The second-order valence-electron chi connectivity index (χ2n) is 7.35. The summed E-state index contributed by atoms with van der Waals surface area (Å²) in [6.07, 6.45) is 0. The lowest BCUT2D eigenvalue weighted by Crippen LogP contribution is -2.37. The SMILES string of the molecule is CC(Nc1ccc(NC(=O)C(C)(C)C)cc1)C(=O)NCc1ccccc1. The molecule has 2 aromatic carbocycles. The van der Waals surface area contributed by atoms with E-state index in [0.717, 1.165) is 16.9 Å². The lowest BCUT2D eigenvalue weighted by Gasteiger charge is -2.18. The van der Waals surface area contributed by atoms with Crippen molar-refractivity contribution in [3.8, 4) is 0 Å². The lowest BCUT2D eigenvalue weighted by atomic mass is 9.95. The van der Waals surface area contributed by atoms with Crippen molar-refractivity contribution < 1.29 is 9.59 Å². The zero-order valence-electron chi connectivity index (χ0n) is 15.8. The first-order valence-electron chi connectivity index (χ1n) is 8.75. The van der Waals surface area contributed by atoms with E-state index in [1.54, 1.807) is 0 Å². The second kappa shape index (κ2) is 8.52. The number of anilines is 2. The molecule has 0 fully saturated rings. The first-order valence-corrected chi connectivity index (χ1v) is 8.75. The standard InChI is InChI=1S/C21H27N3O2/c1-15(19(25)22-14-16-8-6-5-7-9-16)23-17-10-12-18(13-11-17)24-20(26)21(2,3)4/h5-13,15,23H,14H2,1-4H3,(H,22,25)(H,24,26). The highest BCUT2D eigenvalue weighted by atomic mass is 16.2. The van der Waals surface area contributed by atoms with Gasteiger partial charge in [0.15, 0.2) is 0 Å². The fourth-order valence-electron chi connectivity index (χ4n) is 2.22. The Bertz CT molecular complexity index is 734. The molecule has 2 aromatic rings. The number of rotatable bonds is 6. The zero-order chi connectivity index (χ0) is 19.2. The van der Waals surface area contributed by atoms with Crippen molar-refractivity contribution in [3.63, 3.8) is 0 Å². The van der Waals surface area contributed by atoms with Crippen molar-refractivity contribution in [3.05, 3.63) is 60.2 Å². The van der Waals surface area contributed by atoms with Gasteiger partial charge in [-0.1, -0.05) is 51.1 Å². The molecule has 5 nitrogen and oxygen atoms in total. The van der Waals surface area contributed by atoms with Gasteiger partial charge in [-0.05, 0) is 36.8 Å². The summed E-state index contributed by atoms with van der Waals surface area (Å²) in [7, 11) is 0. The Hall–Kier alpha value is -2.82. The summed E-state index contributed by atoms with van der Waals surface area (Å²) in [5.74, 6) is -0.106. The van der Waals surface area contributed by atoms with Gasteiger partial charge in [0.2, 0.25) is 11.8 Å². The Morgan fingerprint density at radius 1 is 0.923 bits per heavy atom. The van der Waals surface area contributed by atoms with Gasteiger partial charge in [-0.25, -0.2) is 0 Å². The van der Waals surface area contributed by atoms with E-state index in [2.05, 4.69) is 16.0 Å². The summed E-state index contributed by atoms with van der Waals surface area (Å²) >= 11 is 0. The van der Waals surface area contributed by atoms with Gasteiger partial charge < -0.3 is 16.0 Å². The van der Waals surface area contributed by atoms with Crippen LogP contribution in [0.15, 0.2) is 54.6 Å². The molecular weight excluding hydrogens is 326 g/mol. The van der Waals surface area contributed by atoms with Crippen LogP contribution in [-0.4, -0.2) is 17.9 Å². The van der Waals surface area contributed by atoms with Gasteiger partial charge in [0.1, 0.15) is 6.04 Å². The van der Waals surface area contributed by atoms with Gasteiger partial charge in [0.25, 0.3) is 0 Å². The molecule has 0 aliphatic carbocycles. The van der Waals surface area contributed by atoms with Crippen LogP contribution in [0.25, 0.3) is 0 Å². The monoisotopic (exact) mass is 353 g/mol. The summed E-state index contributed by atoms with van der Waals surface area (Å²) in [5, 5.41) is 8.96. The second-order valence-corrected chi connectivity index (χ2v) is 7.35. The average molecular weight is 353 g/mol. The number of hydrogen-bond acceptors (Lipinski definition) is 3. The maximum absolute atomic E-state index is 12.2. The summed E-state index contributed by atoms with van der Waals surface area (Å²) in [6.45, 7) is 7.93. The maximum Gasteiger partial charge on any atom is 0.242 e. The predicted molar refractivity (Wildman–Crippen MR) is 106 cm³/mol. The number of nitrogens with one attached hydrogen (secondary N) is 3. The number of amides is 2. The number of carbonyl (C=O) groups is 2. The third-order valence-corrected chi connectivity index (χ3v) is 3.91. The van der Waals surface area contributed by atoms with Gasteiger partial charge in [0, 0.05) is 23.3 Å². The molecular formula is C21H27N3O2. The van der Waals surface area contributed by atoms with Crippen LogP contribution in [0.2, 0.25) is 0 Å². The Balaban J connectivity index is 1.85. The first kappa shape index (κ1) is 19.5. The van der Waals surface area contributed by atoms with Gasteiger partial charge in [-0.3, -0.25) is 9.59 Å². The average Bonchev–Trinajstić information content (AvgIpc) is 2.61. The van der Waals surface area contributed by atoms with E-state index < -0.39 is 5.41 Å². The molecule has 0 saturated heterocycles. The molecule has 0 saturated carbocycles. The Labute approximate surface area is 155 Å². The molecule has 1 atom stereocenters. The van der Waals surface area contributed by atoms with Crippen molar-refractivity contribution in [2.24, 2.45) is 5.41 Å². The summed E-state index contributed by atoms with van der Waals surface area (Å²) in [6, 6.07) is 16.8. The Kier molecular flexibility index (Phi) is 6.39. The van der Waals surface area contributed by atoms with Crippen molar-refractivity contribution in [1.82, 2.24) is 5.32 Å². The van der Waals surface area contributed by atoms with Crippen molar-refractivity contribution in [1.29, 1.82) is 0 Å². The van der Waals surface area contributed by atoms with Crippen LogP contribution in [0.1, 0.15) is 33.3 Å². The molecule has 0 aromatic heterocycles. The molecule has 0 spiro atoms. The first-order chi connectivity index (χ1) is 12.3. The normalized spacial score (nSPS) is 12.2. The molecule has 26 heavy (non-hydrogen) atoms. The smallest absolute Gasteiger partial charge is 0.242 e. The molecule has 0 bridgehead atoms. The van der Waals surface area contributed by atoms with Crippen LogP contribution in [0.4, 0.5) is 11.4 Å². The molecule has 2 amide bonds. The highest BCUT2D eigenvalue weighted by Gasteiger charge is 2.21. The van der Waals surface area contributed by atoms with Crippen LogP contribution in [-0.2, 0) is 16.1 Å². The van der Waals surface area contributed by atoms with Crippen LogP contribution >= 0.6 is 0 Å². The molecule has 0 aliphatic rings. The van der Waals surface area contributed by atoms with Crippen LogP contribution in [0.5, 0.6) is 0 Å². The molecule has 0 radical (unpaired) electrons. The third-order valence-electron chi connectivity index (χ3n) is 3.91. The largest absolute Gasteiger partial charge is 0.374 e. The van der Waals surface area contributed by atoms with Gasteiger partial charge in [-0.15, -0.1) is 0 Å². The number of carbonyl (C=O) groups excluding carboxylic acids is 2. The van der Waals surface area contributed by atoms with Crippen LogP contribution in [0, 0.1) is 5.41 Å². The van der Waals surface area contributed by atoms with E-state index in [4.69, 9.17) is 0 Å². The summed E-state index contributed by atoms with van der Waals surface area (Å²) in [4.78, 5) is 24.2. The van der Waals surface area contributed by atoms with E-state index in [0.29, 0.717) is 6.54 Å². The van der Waals surface area contributed by atoms with Crippen LogP contribution < -0.4 is 16.0 Å². The highest BCUT2D eigenvalue weighted by molar-refractivity contribution is 5.94. The number of benzene rings is 2. The summed E-state index contributed by atoms with van der Waals surface area (Å²) in [5.41, 5.74) is 2.17. The Morgan fingerprint density at radius 3 is 2.08 bits per heavy atom. The molecule has 1 unspecified atom stereocenters. The van der Waals surface area contributed by atoms with E-state index >= 15 is 0 Å². The maximum atomic E-state index is 12.2. The van der Waals surface area contributed by atoms with E-state index in [1.165, 1.54) is 0 Å².